The second kappa shape index (κ2) is 11.6. The molecule has 0 saturated carbocycles. The number of benzene rings is 7. The largest absolute Gasteiger partial charge is 0.332 e. The molecule has 0 saturated heterocycles. The highest BCUT2D eigenvalue weighted by Gasteiger charge is 2.28. The van der Waals surface area contributed by atoms with Gasteiger partial charge in [-0.05, 0) is 52.6 Å². The van der Waals surface area contributed by atoms with Crippen LogP contribution in [0.4, 0.5) is 0 Å². The molecule has 0 aliphatic heterocycles. The molecule has 7 aromatic carbocycles. The summed E-state index contributed by atoms with van der Waals surface area (Å²) in [6.45, 7) is 0. The first-order valence-corrected chi connectivity index (χ1v) is 17.5. The van der Waals surface area contributed by atoms with Gasteiger partial charge in [0.15, 0.2) is 0 Å². The SMILES string of the molecule is C1=CC(c2ccccc2-c2ccccc2-c2ccccc2-n2c3ccccc3c3ccccc32)C(n2c3ccccc3c3ccccc32)C=C1. The van der Waals surface area contributed by atoms with Crippen LogP contribution in [0.15, 0.2) is 194 Å². The van der Waals surface area contributed by atoms with Crippen LogP contribution in [-0.2, 0) is 0 Å². The first-order chi connectivity index (χ1) is 24.9. The fourth-order valence-corrected chi connectivity index (χ4v) is 8.47. The molecular formula is C48H34N2. The molecule has 0 N–H and O–H groups in total. The minimum absolute atomic E-state index is 0.114. The van der Waals surface area contributed by atoms with Gasteiger partial charge in [-0.15, -0.1) is 0 Å². The number of fused-ring (bicyclic) bond motifs is 6. The van der Waals surface area contributed by atoms with Crippen LogP contribution < -0.4 is 0 Å². The van der Waals surface area contributed by atoms with Crippen molar-refractivity contribution in [3.05, 3.63) is 200 Å². The zero-order chi connectivity index (χ0) is 33.0. The molecule has 2 nitrogen and oxygen atoms in total. The summed E-state index contributed by atoms with van der Waals surface area (Å²) in [5, 5.41) is 5.13. The topological polar surface area (TPSA) is 9.86 Å². The highest BCUT2D eigenvalue weighted by molar-refractivity contribution is 6.10. The number of aromatic nitrogens is 2. The molecule has 0 bridgehead atoms. The van der Waals surface area contributed by atoms with E-state index in [1.165, 1.54) is 77.1 Å². The number of rotatable bonds is 5. The Labute approximate surface area is 291 Å². The van der Waals surface area contributed by atoms with Gasteiger partial charge in [0.1, 0.15) is 0 Å². The molecule has 0 radical (unpaired) electrons. The second-order valence-corrected chi connectivity index (χ2v) is 13.2. The predicted octanol–water partition coefficient (Wildman–Crippen LogP) is 12.7. The van der Waals surface area contributed by atoms with Crippen molar-refractivity contribution in [2.75, 3.05) is 0 Å². The van der Waals surface area contributed by atoms with Crippen molar-refractivity contribution in [2.24, 2.45) is 0 Å². The lowest BCUT2D eigenvalue weighted by Crippen LogP contribution is -2.17. The molecule has 2 unspecified atom stereocenters. The summed E-state index contributed by atoms with van der Waals surface area (Å²) in [6.07, 6.45) is 9.20. The maximum Gasteiger partial charge on any atom is 0.0629 e. The molecule has 2 atom stereocenters. The molecule has 2 heteroatoms. The minimum atomic E-state index is 0.114. The molecule has 2 aromatic heterocycles. The van der Waals surface area contributed by atoms with Crippen molar-refractivity contribution in [3.63, 3.8) is 0 Å². The normalized spacial score (nSPS) is 15.8. The molecule has 236 valence electrons. The Balaban J connectivity index is 1.17. The van der Waals surface area contributed by atoms with Gasteiger partial charge in [0.2, 0.25) is 0 Å². The summed E-state index contributed by atoms with van der Waals surface area (Å²) in [4.78, 5) is 0. The molecule has 50 heavy (non-hydrogen) atoms. The van der Waals surface area contributed by atoms with Crippen LogP contribution in [-0.4, -0.2) is 9.13 Å². The van der Waals surface area contributed by atoms with Crippen molar-refractivity contribution in [3.8, 4) is 27.9 Å². The summed E-state index contributed by atoms with van der Waals surface area (Å²) >= 11 is 0. The smallest absolute Gasteiger partial charge is 0.0629 e. The summed E-state index contributed by atoms with van der Waals surface area (Å²) < 4.78 is 4.99. The van der Waals surface area contributed by atoms with Crippen molar-refractivity contribution < 1.29 is 0 Å². The third-order valence-electron chi connectivity index (χ3n) is 10.6. The van der Waals surface area contributed by atoms with Crippen LogP contribution in [0.25, 0.3) is 71.6 Å². The van der Waals surface area contributed by atoms with Gasteiger partial charge in [0.25, 0.3) is 0 Å². The Hall–Kier alpha value is -6.38. The van der Waals surface area contributed by atoms with E-state index < -0.39 is 0 Å². The number of para-hydroxylation sites is 5. The second-order valence-electron chi connectivity index (χ2n) is 13.2. The maximum atomic E-state index is 2.55. The maximum absolute atomic E-state index is 2.55. The van der Waals surface area contributed by atoms with Gasteiger partial charge < -0.3 is 9.13 Å². The third-order valence-corrected chi connectivity index (χ3v) is 10.6. The fourth-order valence-electron chi connectivity index (χ4n) is 8.47. The first-order valence-electron chi connectivity index (χ1n) is 17.5. The van der Waals surface area contributed by atoms with E-state index in [1.807, 2.05) is 0 Å². The first kappa shape index (κ1) is 28.6. The molecule has 9 aromatic rings. The van der Waals surface area contributed by atoms with Gasteiger partial charge in [0, 0.05) is 44.1 Å². The monoisotopic (exact) mass is 638 g/mol. The van der Waals surface area contributed by atoms with E-state index in [2.05, 4.69) is 203 Å². The highest BCUT2D eigenvalue weighted by Crippen LogP contribution is 2.46. The van der Waals surface area contributed by atoms with Crippen molar-refractivity contribution >= 4 is 43.6 Å². The van der Waals surface area contributed by atoms with E-state index in [1.54, 1.807) is 0 Å². The van der Waals surface area contributed by atoms with Crippen molar-refractivity contribution in [2.45, 2.75) is 12.0 Å². The number of allylic oxidation sites excluding steroid dienone is 4. The standard InChI is InChI=1S/C48H34N2/c1-3-19-35(37-21-5-11-27-43(37)49-45-29-13-7-23-39(45)40-24-8-14-30-46(40)49)33(17-1)34-18-2-4-20-36(34)38-22-6-12-28-44(38)50-47-31-15-9-25-41(47)42-26-10-16-32-48(42)50/h1-32,37,43H. The Kier molecular flexibility index (Phi) is 6.67. The lowest BCUT2D eigenvalue weighted by atomic mass is 9.81. The molecule has 0 amide bonds. The summed E-state index contributed by atoms with van der Waals surface area (Å²) in [5.41, 5.74) is 12.4. The Morgan fingerprint density at radius 3 is 1.38 bits per heavy atom. The highest BCUT2D eigenvalue weighted by atomic mass is 15.0. The van der Waals surface area contributed by atoms with Crippen LogP contribution in [0.3, 0.4) is 0 Å². The van der Waals surface area contributed by atoms with Crippen molar-refractivity contribution in [1.29, 1.82) is 0 Å². The van der Waals surface area contributed by atoms with E-state index in [0.29, 0.717) is 0 Å². The molecule has 1 aliphatic carbocycles. The molecule has 2 heterocycles. The number of nitrogens with zero attached hydrogens (tertiary/aromatic N) is 2. The lowest BCUT2D eigenvalue weighted by molar-refractivity contribution is 0.576. The predicted molar refractivity (Wildman–Crippen MR) is 211 cm³/mol. The van der Waals surface area contributed by atoms with Gasteiger partial charge in [0.05, 0.1) is 22.8 Å². The summed E-state index contributed by atoms with van der Waals surface area (Å²) in [6, 6.07) is 62.2. The molecular weight excluding hydrogens is 605 g/mol. The van der Waals surface area contributed by atoms with Gasteiger partial charge in [-0.25, -0.2) is 0 Å². The van der Waals surface area contributed by atoms with E-state index in [9.17, 15) is 0 Å². The van der Waals surface area contributed by atoms with E-state index in [-0.39, 0.29) is 12.0 Å². The Morgan fingerprint density at radius 2 is 0.760 bits per heavy atom. The van der Waals surface area contributed by atoms with E-state index in [4.69, 9.17) is 0 Å². The quantitative estimate of drug-likeness (QED) is 0.178. The Morgan fingerprint density at radius 1 is 0.340 bits per heavy atom. The number of hydrogen-bond acceptors (Lipinski definition) is 0. The average molecular weight is 639 g/mol. The van der Waals surface area contributed by atoms with Crippen molar-refractivity contribution in [1.82, 2.24) is 9.13 Å². The van der Waals surface area contributed by atoms with Crippen LogP contribution in [0.5, 0.6) is 0 Å². The molecule has 0 fully saturated rings. The molecule has 0 spiro atoms. The van der Waals surface area contributed by atoms with Gasteiger partial charge in [-0.3, -0.25) is 0 Å². The average Bonchev–Trinajstić information content (AvgIpc) is 3.71. The van der Waals surface area contributed by atoms with Gasteiger partial charge >= 0.3 is 0 Å². The van der Waals surface area contributed by atoms with Crippen LogP contribution in [0.1, 0.15) is 17.5 Å². The molecule has 10 rings (SSSR count). The summed E-state index contributed by atoms with van der Waals surface area (Å²) in [7, 11) is 0. The fraction of sp³-hybridized carbons (Fsp3) is 0.0417. The Bertz CT molecular complexity index is 2680. The minimum Gasteiger partial charge on any atom is -0.332 e. The third kappa shape index (κ3) is 4.35. The van der Waals surface area contributed by atoms with E-state index in [0.717, 1.165) is 0 Å². The number of hydrogen-bond donors (Lipinski definition) is 0. The van der Waals surface area contributed by atoms with E-state index >= 15 is 0 Å². The van der Waals surface area contributed by atoms with Gasteiger partial charge in [-0.2, -0.15) is 0 Å². The zero-order valence-electron chi connectivity index (χ0n) is 27.5. The van der Waals surface area contributed by atoms with Crippen LogP contribution >= 0.6 is 0 Å². The zero-order valence-corrected chi connectivity index (χ0v) is 27.5. The lowest BCUT2D eigenvalue weighted by Gasteiger charge is -2.30. The van der Waals surface area contributed by atoms with Crippen LogP contribution in [0.2, 0.25) is 0 Å². The summed E-state index contributed by atoms with van der Waals surface area (Å²) in [5.74, 6) is 0.135. The van der Waals surface area contributed by atoms with Gasteiger partial charge in [-0.1, -0.05) is 164 Å². The van der Waals surface area contributed by atoms with Crippen LogP contribution in [0, 0.1) is 0 Å². The molecule has 1 aliphatic rings.